The number of oxime groups is 1. The first-order valence-electron chi connectivity index (χ1n) is 10.9. The van der Waals surface area contributed by atoms with Crippen molar-refractivity contribution >= 4 is 57.1 Å². The second kappa shape index (κ2) is 10.8. The molecule has 200 valence electrons. The number of nitrogens with two attached hydrogens (primary N) is 1. The minimum absolute atomic E-state index is 0.0338. The predicted octanol–water partition coefficient (Wildman–Crippen LogP) is -2.39. The number of anilines is 1. The van der Waals surface area contributed by atoms with E-state index >= 15 is 0 Å². The molecule has 37 heavy (non-hydrogen) atoms. The van der Waals surface area contributed by atoms with Gasteiger partial charge >= 0.3 is 12.1 Å². The number of β-lactam (4-membered cyclic amide) rings is 1. The summed E-state index contributed by atoms with van der Waals surface area (Å²) in [7, 11) is 1.31. The number of carbonyl (C=O) groups is 4. The molecule has 0 aromatic carbocycles. The Morgan fingerprint density at radius 3 is 2.59 bits per heavy atom. The Bertz CT molecular complexity index is 1210. The molecule has 4 N–H and O–H groups in total. The molecule has 3 aliphatic heterocycles. The number of hydrogen-bond donors (Lipinski definition) is 3. The minimum Gasteiger partial charge on any atom is -0.477 e. The number of piperazine rings is 1. The van der Waals surface area contributed by atoms with Crippen LogP contribution in [-0.2, 0) is 34.8 Å². The molecule has 2 saturated heterocycles. The van der Waals surface area contributed by atoms with E-state index in [0.29, 0.717) is 26.2 Å². The number of fused-ring (bicyclic) bond motifs is 1. The SMILES string of the molecule is CO/N=C(/C(=O)NC1C(=O)N2C(C(=O)O)=C(COC(=O)N3CCN(C)CC3)CS(=O)[C@H]12)c1nsc(N)n1. The van der Waals surface area contributed by atoms with Crippen LogP contribution in [0, 0.1) is 0 Å². The average Bonchev–Trinajstić information content (AvgIpc) is 3.29. The molecule has 0 aliphatic carbocycles. The van der Waals surface area contributed by atoms with E-state index in [9.17, 15) is 28.5 Å². The summed E-state index contributed by atoms with van der Waals surface area (Å²) >= 11 is 0.817. The molecular formula is C19H24N8O8S2. The van der Waals surface area contributed by atoms with Gasteiger partial charge in [0, 0.05) is 43.3 Å². The number of nitrogens with one attached hydrogen (secondary N) is 1. The van der Waals surface area contributed by atoms with Gasteiger partial charge in [-0.1, -0.05) is 5.16 Å². The first kappa shape index (κ1) is 26.4. The van der Waals surface area contributed by atoms with Crippen LogP contribution < -0.4 is 11.1 Å². The zero-order chi connectivity index (χ0) is 26.9. The highest BCUT2D eigenvalue weighted by Gasteiger charge is 2.57. The highest BCUT2D eigenvalue weighted by molar-refractivity contribution is 7.86. The Kier molecular flexibility index (Phi) is 7.69. The maximum absolute atomic E-state index is 13.0. The fourth-order valence-electron chi connectivity index (χ4n) is 4.01. The van der Waals surface area contributed by atoms with Crippen molar-refractivity contribution in [2.24, 2.45) is 5.16 Å². The van der Waals surface area contributed by atoms with Gasteiger partial charge < -0.3 is 35.5 Å². The molecule has 4 heterocycles. The Hall–Kier alpha value is -3.64. The molecule has 0 spiro atoms. The van der Waals surface area contributed by atoms with Crippen LogP contribution in [0.4, 0.5) is 9.93 Å². The lowest BCUT2D eigenvalue weighted by molar-refractivity contribution is -0.150. The topological polar surface area (TPSA) is 210 Å². The van der Waals surface area contributed by atoms with E-state index in [-0.39, 0.29) is 28.0 Å². The number of amides is 3. The van der Waals surface area contributed by atoms with E-state index < -0.39 is 58.4 Å². The second-order valence-electron chi connectivity index (χ2n) is 8.26. The van der Waals surface area contributed by atoms with Gasteiger partial charge in [-0.15, -0.1) is 0 Å². The van der Waals surface area contributed by atoms with Crippen LogP contribution in [0.3, 0.4) is 0 Å². The molecule has 1 aromatic heterocycles. The normalized spacial score (nSPS) is 24.3. The second-order valence-corrected chi connectivity index (χ2v) is 10.6. The van der Waals surface area contributed by atoms with Gasteiger partial charge in [0.05, 0.1) is 16.6 Å². The third-order valence-corrected chi connectivity index (χ3v) is 8.07. The van der Waals surface area contributed by atoms with E-state index in [1.807, 2.05) is 7.05 Å². The lowest BCUT2D eigenvalue weighted by Gasteiger charge is -2.48. The number of aromatic nitrogens is 2. The molecule has 3 atom stereocenters. The summed E-state index contributed by atoms with van der Waals surface area (Å²) < 4.78 is 22.2. The van der Waals surface area contributed by atoms with E-state index in [4.69, 9.17) is 10.5 Å². The van der Waals surface area contributed by atoms with Gasteiger partial charge in [0.2, 0.25) is 11.5 Å². The van der Waals surface area contributed by atoms with Crippen molar-refractivity contribution in [3.8, 4) is 0 Å². The number of likely N-dealkylation sites (N-methyl/N-ethyl adjacent to an activating group) is 1. The van der Waals surface area contributed by atoms with Crippen molar-refractivity contribution in [1.82, 2.24) is 29.4 Å². The van der Waals surface area contributed by atoms with Gasteiger partial charge in [0.15, 0.2) is 5.13 Å². The third kappa shape index (κ3) is 5.25. The van der Waals surface area contributed by atoms with Crippen molar-refractivity contribution in [1.29, 1.82) is 0 Å². The highest BCUT2D eigenvalue weighted by Crippen LogP contribution is 2.35. The first-order chi connectivity index (χ1) is 17.6. The van der Waals surface area contributed by atoms with E-state index in [0.717, 1.165) is 16.4 Å². The van der Waals surface area contributed by atoms with Gasteiger partial charge in [0.25, 0.3) is 11.8 Å². The Labute approximate surface area is 216 Å². The highest BCUT2D eigenvalue weighted by atomic mass is 32.2. The molecule has 16 nitrogen and oxygen atoms in total. The van der Waals surface area contributed by atoms with Gasteiger partial charge in [0.1, 0.15) is 30.8 Å². The Balaban J connectivity index is 1.47. The largest absolute Gasteiger partial charge is 0.477 e. The van der Waals surface area contributed by atoms with Crippen molar-refractivity contribution in [2.45, 2.75) is 11.4 Å². The van der Waals surface area contributed by atoms with Crippen LogP contribution in [0.5, 0.6) is 0 Å². The summed E-state index contributed by atoms with van der Waals surface area (Å²) in [6.45, 7) is 1.81. The standard InChI is InChI=1S/C19H24N8O8S2/c1-25-3-5-26(6-4-25)19(32)35-7-9-8-37(33)16-11(15(29)27(16)12(9)17(30)31)21-14(28)10(23-34-2)13-22-18(20)36-24-13/h11,16H,3-8H2,1-2H3,(H,21,28)(H,30,31)(H2,20,22,24)/b23-10+/t11?,16-,37?/m1/s1. The summed E-state index contributed by atoms with van der Waals surface area (Å²) in [5, 5.41) is 14.7. The number of carboxylic acids is 1. The van der Waals surface area contributed by atoms with Crippen molar-refractivity contribution in [3.63, 3.8) is 0 Å². The molecule has 3 amide bonds. The van der Waals surface area contributed by atoms with Crippen LogP contribution in [0.2, 0.25) is 0 Å². The molecule has 0 bridgehead atoms. The number of aliphatic carboxylic acids is 1. The van der Waals surface area contributed by atoms with Crippen LogP contribution >= 0.6 is 11.5 Å². The monoisotopic (exact) mass is 556 g/mol. The average molecular weight is 557 g/mol. The molecule has 4 rings (SSSR count). The summed E-state index contributed by atoms with van der Waals surface area (Å²) in [6.07, 6.45) is -0.625. The molecule has 0 radical (unpaired) electrons. The lowest BCUT2D eigenvalue weighted by Crippen LogP contribution is -2.74. The number of hydrogen-bond acceptors (Lipinski definition) is 13. The van der Waals surface area contributed by atoms with Crippen LogP contribution in [0.1, 0.15) is 5.82 Å². The summed E-state index contributed by atoms with van der Waals surface area (Å²) in [5.41, 5.74) is 4.79. The third-order valence-electron chi connectivity index (χ3n) is 5.88. The summed E-state index contributed by atoms with van der Waals surface area (Å²) in [4.78, 5) is 63.1. The van der Waals surface area contributed by atoms with Crippen LogP contribution in [0.25, 0.3) is 0 Å². The lowest BCUT2D eigenvalue weighted by atomic mass is 10.0. The fraction of sp³-hybridized carbons (Fsp3) is 0.526. The zero-order valence-corrected chi connectivity index (χ0v) is 21.4. The van der Waals surface area contributed by atoms with Crippen molar-refractivity contribution < 1.29 is 38.1 Å². The molecule has 3 aliphatic rings. The first-order valence-corrected chi connectivity index (χ1v) is 13.0. The van der Waals surface area contributed by atoms with E-state index in [1.165, 1.54) is 12.0 Å². The molecule has 1 aromatic rings. The Morgan fingerprint density at radius 2 is 2.00 bits per heavy atom. The quantitative estimate of drug-likeness (QED) is 0.182. The summed E-state index contributed by atoms with van der Waals surface area (Å²) in [5.74, 6) is -3.54. The fourth-order valence-corrected chi connectivity index (χ4v) is 6.11. The molecule has 2 fully saturated rings. The maximum Gasteiger partial charge on any atom is 0.410 e. The Morgan fingerprint density at radius 1 is 1.30 bits per heavy atom. The van der Waals surface area contributed by atoms with Crippen LogP contribution in [0.15, 0.2) is 16.4 Å². The van der Waals surface area contributed by atoms with E-state index in [2.05, 4.69) is 29.6 Å². The molecule has 18 heteroatoms. The van der Waals surface area contributed by atoms with Gasteiger partial charge in [-0.25, -0.2) is 9.59 Å². The minimum atomic E-state index is -1.81. The number of carbonyl (C=O) groups excluding carboxylic acids is 3. The predicted molar refractivity (Wildman–Crippen MR) is 129 cm³/mol. The van der Waals surface area contributed by atoms with Crippen molar-refractivity contribution in [2.75, 3.05) is 58.4 Å². The molecule has 2 unspecified atom stereocenters. The molecule has 0 saturated carbocycles. The van der Waals surface area contributed by atoms with Crippen molar-refractivity contribution in [3.05, 3.63) is 17.1 Å². The zero-order valence-electron chi connectivity index (χ0n) is 19.8. The van der Waals surface area contributed by atoms with Gasteiger partial charge in [-0.3, -0.25) is 18.7 Å². The van der Waals surface area contributed by atoms with Crippen LogP contribution in [-0.4, -0.2) is 127 Å². The maximum atomic E-state index is 13.0. The van der Waals surface area contributed by atoms with Gasteiger partial charge in [-0.2, -0.15) is 9.36 Å². The number of nitrogen functional groups attached to an aromatic ring is 1. The van der Waals surface area contributed by atoms with Gasteiger partial charge in [-0.05, 0) is 7.05 Å². The molecular weight excluding hydrogens is 532 g/mol. The number of rotatable bonds is 7. The number of ether oxygens (including phenoxy) is 1. The smallest absolute Gasteiger partial charge is 0.410 e. The van der Waals surface area contributed by atoms with E-state index in [1.54, 1.807) is 0 Å². The number of nitrogens with zero attached hydrogens (tertiary/aromatic N) is 6. The summed E-state index contributed by atoms with van der Waals surface area (Å²) in [6, 6.07) is -1.30. The number of carboxylic acid groups (broad SMARTS) is 1.